The number of terminal acetylenes is 1. The summed E-state index contributed by atoms with van der Waals surface area (Å²) in [5.41, 5.74) is 3.66. The van der Waals surface area contributed by atoms with Gasteiger partial charge in [-0.1, -0.05) is 30.2 Å². The third-order valence-electron chi connectivity index (χ3n) is 19.5. The van der Waals surface area contributed by atoms with E-state index in [4.69, 9.17) is 40.3 Å². The summed E-state index contributed by atoms with van der Waals surface area (Å²) in [7, 11) is 0. The molecule has 1 aliphatic carbocycles. The van der Waals surface area contributed by atoms with Crippen LogP contribution in [-0.2, 0) is 36.8 Å². The van der Waals surface area contributed by atoms with E-state index in [1.54, 1.807) is 23.1 Å². The van der Waals surface area contributed by atoms with Crippen molar-refractivity contribution < 1.29 is 46.9 Å². The van der Waals surface area contributed by atoms with Gasteiger partial charge in [-0.25, -0.2) is 18.6 Å². The number of hydrogen-bond donors (Lipinski definition) is 1. The Bertz CT molecular complexity index is 3420. The van der Waals surface area contributed by atoms with Gasteiger partial charge in [-0.15, -0.1) is 6.42 Å². The lowest BCUT2D eigenvalue weighted by molar-refractivity contribution is -0.136. The summed E-state index contributed by atoms with van der Waals surface area (Å²) in [5.74, 6) is 1.02. The third kappa shape index (κ3) is 9.29. The van der Waals surface area contributed by atoms with Crippen LogP contribution >= 0.6 is 0 Å². The van der Waals surface area contributed by atoms with Gasteiger partial charge in [0.1, 0.15) is 42.1 Å². The average Bonchev–Trinajstić information content (AvgIpc) is 4.15. The fourth-order valence-electron chi connectivity index (χ4n) is 15.3. The van der Waals surface area contributed by atoms with Gasteiger partial charge < -0.3 is 38.5 Å². The van der Waals surface area contributed by atoms with Crippen molar-refractivity contribution in [3.05, 3.63) is 82.5 Å². The highest BCUT2D eigenvalue weighted by Gasteiger charge is 2.52. The Balaban J connectivity index is 0.579. The van der Waals surface area contributed by atoms with Crippen LogP contribution in [0.25, 0.3) is 32.9 Å². The van der Waals surface area contributed by atoms with E-state index in [9.17, 15) is 19.2 Å². The lowest BCUT2D eigenvalue weighted by Crippen LogP contribution is -2.60. The number of hydrogen-bond acceptors (Lipinski definition) is 14. The van der Waals surface area contributed by atoms with Crippen LogP contribution in [-0.4, -0.2) is 155 Å². The fraction of sp³-hybridized carbons (Fsp3) is 0.532. The number of pyridine rings is 1. The molecule has 19 heteroatoms. The van der Waals surface area contributed by atoms with Gasteiger partial charge in [0.05, 0.1) is 47.0 Å². The first-order chi connectivity index (χ1) is 39.4. The van der Waals surface area contributed by atoms with Gasteiger partial charge in [0.15, 0.2) is 5.82 Å². The number of nitrogens with one attached hydrogen (secondary N) is 1. The van der Waals surface area contributed by atoms with E-state index in [0.29, 0.717) is 111 Å². The van der Waals surface area contributed by atoms with E-state index in [-0.39, 0.29) is 82.4 Å². The number of carbonyl (C=O) groups is 4. The van der Waals surface area contributed by atoms with Crippen LogP contribution in [0.1, 0.15) is 117 Å². The second kappa shape index (κ2) is 20.8. The van der Waals surface area contributed by atoms with Gasteiger partial charge in [-0.2, -0.15) is 9.97 Å². The van der Waals surface area contributed by atoms with Crippen molar-refractivity contribution in [3.63, 3.8) is 0 Å². The summed E-state index contributed by atoms with van der Waals surface area (Å²) in [4.78, 5) is 76.5. The number of ether oxygens (including phenoxy) is 4. The zero-order chi connectivity index (χ0) is 55.1. The maximum absolute atomic E-state index is 17.5. The SMILES string of the molecule is C#Cc1c(F)ccc2cccc(-c3nc4c5c(nc(OC[C@@]67CCCN6[C@H](COC(=O)N6CC8(CCC(OC9CCN(c%10ccc%11c(c%10)CN(C%10CCC(=O)NC%10=O)C%11=O)CC9)CC8)C6)CC7)nc5c3F)N3CCCOC[C@@H]3CC4)c12. The number of likely N-dealkylation sites (tertiary alicyclic amines) is 1. The lowest BCUT2D eigenvalue weighted by Gasteiger charge is -2.53. The highest BCUT2D eigenvalue weighted by Crippen LogP contribution is 2.47. The van der Waals surface area contributed by atoms with E-state index in [1.165, 1.54) is 6.07 Å². The predicted molar refractivity (Wildman–Crippen MR) is 297 cm³/mol. The van der Waals surface area contributed by atoms with E-state index in [1.807, 2.05) is 23.1 Å². The largest absolute Gasteiger partial charge is 0.461 e. The molecule has 81 heavy (non-hydrogen) atoms. The summed E-state index contributed by atoms with van der Waals surface area (Å²) < 4.78 is 58.2. The van der Waals surface area contributed by atoms with Crippen molar-refractivity contribution in [2.45, 2.75) is 139 Å². The van der Waals surface area contributed by atoms with Crippen molar-refractivity contribution in [3.8, 4) is 29.6 Å². The number of halogens is 2. The van der Waals surface area contributed by atoms with E-state index >= 15 is 8.78 Å². The minimum atomic E-state index is -0.645. The monoisotopic (exact) mass is 1100 g/mol. The Hall–Kier alpha value is -7.01. The molecular weight excluding hydrogens is 1040 g/mol. The molecule has 0 bridgehead atoms. The summed E-state index contributed by atoms with van der Waals surface area (Å²) in [6.07, 6.45) is 18.0. The van der Waals surface area contributed by atoms with E-state index in [0.717, 1.165) is 102 Å². The van der Waals surface area contributed by atoms with Crippen LogP contribution < -0.4 is 19.9 Å². The molecule has 422 valence electrons. The van der Waals surface area contributed by atoms with Crippen LogP contribution in [0.3, 0.4) is 0 Å². The van der Waals surface area contributed by atoms with Gasteiger partial charge in [-0.05, 0) is 132 Å². The summed E-state index contributed by atoms with van der Waals surface area (Å²) in [6, 6.07) is 13.8. The molecule has 4 amide bonds. The number of amides is 4. The molecule has 5 aromatic rings. The molecular formula is C62H67F2N9O8. The number of aromatic nitrogens is 3. The number of carbonyl (C=O) groups excluding carboxylic acids is 4. The van der Waals surface area contributed by atoms with E-state index < -0.39 is 23.6 Å². The smallest absolute Gasteiger partial charge is 0.409 e. The van der Waals surface area contributed by atoms with Crippen molar-refractivity contribution in [1.82, 2.24) is 35.0 Å². The number of rotatable bonds is 10. The number of piperidine rings is 2. The van der Waals surface area contributed by atoms with Crippen molar-refractivity contribution in [2.24, 2.45) is 5.41 Å². The first-order valence-electron chi connectivity index (χ1n) is 29.4. The van der Waals surface area contributed by atoms with Crippen LogP contribution in [0.5, 0.6) is 6.01 Å². The fourth-order valence-corrected chi connectivity index (χ4v) is 15.3. The molecule has 1 saturated carbocycles. The molecule has 8 aliphatic heterocycles. The quantitative estimate of drug-likeness (QED) is 0.106. The number of benzene rings is 3. The molecule has 0 radical (unpaired) electrons. The van der Waals surface area contributed by atoms with Crippen molar-refractivity contribution in [2.75, 3.05) is 75.5 Å². The van der Waals surface area contributed by atoms with Crippen LogP contribution in [0.4, 0.5) is 25.1 Å². The number of nitrogens with zero attached hydrogens (tertiary/aromatic N) is 8. The molecule has 7 fully saturated rings. The summed E-state index contributed by atoms with van der Waals surface area (Å²) in [6.45, 7) is 6.71. The Morgan fingerprint density at radius 1 is 0.840 bits per heavy atom. The molecule has 2 aromatic heterocycles. The Morgan fingerprint density at radius 2 is 1.68 bits per heavy atom. The predicted octanol–water partition coefficient (Wildman–Crippen LogP) is 7.85. The third-order valence-corrected chi connectivity index (χ3v) is 19.5. The van der Waals surface area contributed by atoms with Gasteiger partial charge in [-0.3, -0.25) is 24.6 Å². The number of fused-ring (bicyclic) bond motifs is 5. The van der Waals surface area contributed by atoms with Gasteiger partial charge in [0.25, 0.3) is 5.91 Å². The van der Waals surface area contributed by atoms with Crippen LogP contribution in [0.2, 0.25) is 0 Å². The standard InChI is InChI=1S/C62H67F2N9O8/c1-2-44-47(63)12-8-37-6-3-7-46(51(37)44)54-53(64)55-52-48(65-54)13-10-40-32-78-29-5-25-71(40)56(52)68-59(67-55)80-36-62-21-4-26-73(62)41(16-24-62)33-79-60(77)70-34-61(35-70)22-17-42(18-23-61)81-43-19-27-69(28-20-43)39-9-11-45-38(30-39)31-72(58(45)76)49-14-15-50(74)66-57(49)75/h1,3,6-9,11-12,30,40-43,49H,4-5,10,13-29,31-36H2,(H,66,74,75)/t40-,41-,49?,62-/m0/s1. The number of aryl methyl sites for hydroxylation is 1. The first kappa shape index (κ1) is 52.1. The van der Waals surface area contributed by atoms with Gasteiger partial charge >= 0.3 is 12.1 Å². The van der Waals surface area contributed by atoms with E-state index in [2.05, 4.69) is 32.0 Å². The van der Waals surface area contributed by atoms with Gasteiger partial charge in [0, 0.05) is 86.0 Å². The molecule has 1 unspecified atom stereocenters. The maximum atomic E-state index is 17.5. The maximum Gasteiger partial charge on any atom is 0.409 e. The Morgan fingerprint density at radius 3 is 2.51 bits per heavy atom. The molecule has 1 spiro atoms. The van der Waals surface area contributed by atoms with Crippen LogP contribution in [0, 0.1) is 29.4 Å². The Kier molecular flexibility index (Phi) is 13.3. The molecule has 17 nitrogen and oxygen atoms in total. The topological polar surface area (TPSA) is 172 Å². The molecule has 3 aromatic carbocycles. The zero-order valence-corrected chi connectivity index (χ0v) is 45.6. The average molecular weight is 1100 g/mol. The Labute approximate surface area is 469 Å². The van der Waals surface area contributed by atoms with Crippen LogP contribution in [0.15, 0.2) is 48.5 Å². The summed E-state index contributed by atoms with van der Waals surface area (Å²) >= 11 is 0. The van der Waals surface area contributed by atoms with Gasteiger partial charge in [0.2, 0.25) is 11.8 Å². The summed E-state index contributed by atoms with van der Waals surface area (Å²) in [5, 5.41) is 4.03. The highest BCUT2D eigenvalue weighted by molar-refractivity contribution is 6.06. The second-order valence-electron chi connectivity index (χ2n) is 24.3. The highest BCUT2D eigenvalue weighted by atomic mass is 19.1. The number of imide groups is 1. The molecule has 9 aliphatic rings. The van der Waals surface area contributed by atoms with Crippen molar-refractivity contribution >= 4 is 57.0 Å². The van der Waals surface area contributed by atoms with Crippen molar-refractivity contribution in [1.29, 1.82) is 0 Å². The lowest BCUT2D eigenvalue weighted by atomic mass is 9.68. The second-order valence-corrected chi connectivity index (χ2v) is 24.3. The normalized spacial score (nSPS) is 25.8. The molecule has 6 saturated heterocycles. The zero-order valence-electron chi connectivity index (χ0n) is 45.6. The molecule has 1 N–H and O–H groups in total. The molecule has 10 heterocycles. The first-order valence-corrected chi connectivity index (χ1v) is 29.4. The molecule has 4 atom stereocenters. The minimum Gasteiger partial charge on any atom is -0.461 e. The molecule has 14 rings (SSSR count). The number of anilines is 2. The minimum absolute atomic E-state index is 0.00835.